The van der Waals surface area contributed by atoms with Gasteiger partial charge in [0.2, 0.25) is 5.95 Å². The highest BCUT2D eigenvalue weighted by atomic mass is 32.1. The summed E-state index contributed by atoms with van der Waals surface area (Å²) in [4.78, 5) is 36.0. The Labute approximate surface area is 174 Å². The van der Waals surface area contributed by atoms with E-state index in [9.17, 15) is 9.59 Å². The molecule has 1 aliphatic heterocycles. The van der Waals surface area contributed by atoms with Gasteiger partial charge in [-0.05, 0) is 6.07 Å². The molecule has 1 aliphatic rings. The fourth-order valence-electron chi connectivity index (χ4n) is 3.65. The van der Waals surface area contributed by atoms with Gasteiger partial charge in [0.15, 0.2) is 0 Å². The number of rotatable bonds is 3. The Bertz CT molecular complexity index is 1280. The maximum atomic E-state index is 11.9. The molecule has 5 rings (SSSR count). The molecule has 0 radical (unpaired) electrons. The molecular formula is C20H17N5O2S2. The molecule has 1 amide bonds. The van der Waals surface area contributed by atoms with Crippen molar-refractivity contribution in [3.05, 3.63) is 34.5 Å². The molecule has 0 bridgehead atoms. The minimum atomic E-state index is -0.572. The van der Waals surface area contributed by atoms with Crippen LogP contribution < -0.4 is 16.4 Å². The van der Waals surface area contributed by atoms with Crippen molar-refractivity contribution in [2.45, 2.75) is 12.8 Å². The van der Waals surface area contributed by atoms with E-state index in [0.717, 1.165) is 15.6 Å². The second-order valence-corrected chi connectivity index (χ2v) is 8.84. The lowest BCUT2D eigenvalue weighted by Crippen LogP contribution is -2.35. The van der Waals surface area contributed by atoms with Crippen molar-refractivity contribution in [1.29, 1.82) is 0 Å². The highest BCUT2D eigenvalue weighted by molar-refractivity contribution is 7.21. The summed E-state index contributed by atoms with van der Waals surface area (Å²) in [7, 11) is 0. The van der Waals surface area contributed by atoms with Crippen LogP contribution in [0.15, 0.2) is 29.6 Å². The molecule has 1 aromatic carbocycles. The highest BCUT2D eigenvalue weighted by Crippen LogP contribution is 2.42. The maximum Gasteiger partial charge on any atom is 0.260 e. The summed E-state index contributed by atoms with van der Waals surface area (Å²) in [6.07, 6.45) is 0.967. The van der Waals surface area contributed by atoms with Crippen molar-refractivity contribution in [3.63, 3.8) is 0 Å². The van der Waals surface area contributed by atoms with Gasteiger partial charge in [-0.25, -0.2) is 9.97 Å². The number of hydrogen-bond acceptors (Lipinski definition) is 8. The zero-order valence-corrected chi connectivity index (χ0v) is 17.0. The second kappa shape index (κ2) is 6.78. The van der Waals surface area contributed by atoms with Crippen LogP contribution in [0.5, 0.6) is 0 Å². The number of nitrogen functional groups attached to an aromatic ring is 1. The molecule has 9 heteroatoms. The number of thiophene rings is 2. The minimum Gasteiger partial charge on any atom is -0.397 e. The third kappa shape index (κ3) is 2.93. The summed E-state index contributed by atoms with van der Waals surface area (Å²) in [6.45, 7) is 1.16. The van der Waals surface area contributed by atoms with Crippen LogP contribution in [0, 0.1) is 0 Å². The average molecular weight is 424 g/mol. The van der Waals surface area contributed by atoms with Gasteiger partial charge in [-0.3, -0.25) is 9.59 Å². The van der Waals surface area contributed by atoms with Gasteiger partial charge in [0.05, 0.1) is 16.8 Å². The summed E-state index contributed by atoms with van der Waals surface area (Å²) in [6, 6.07) is 8.09. The summed E-state index contributed by atoms with van der Waals surface area (Å²) >= 11 is 2.82. The van der Waals surface area contributed by atoms with Crippen LogP contribution in [0.1, 0.15) is 22.5 Å². The van der Waals surface area contributed by atoms with E-state index < -0.39 is 5.91 Å². The molecule has 4 N–H and O–H groups in total. The van der Waals surface area contributed by atoms with Crippen LogP contribution >= 0.6 is 22.7 Å². The fourth-order valence-corrected chi connectivity index (χ4v) is 5.53. The molecule has 0 saturated carbocycles. The molecule has 1 fully saturated rings. The van der Waals surface area contributed by atoms with Crippen LogP contribution in [0.4, 0.5) is 11.6 Å². The number of Topliss-reactive ketones (excluding diaryl/α,β-unsaturated/α-hetero) is 1. The monoisotopic (exact) mass is 423 g/mol. The summed E-state index contributed by atoms with van der Waals surface area (Å²) in [5.41, 5.74) is 13.8. The number of nitrogens with two attached hydrogens (primary N) is 2. The fraction of sp³-hybridized carbons (Fsp3) is 0.200. The van der Waals surface area contributed by atoms with E-state index in [1.54, 1.807) is 11.3 Å². The molecule has 4 heterocycles. The first-order valence-corrected chi connectivity index (χ1v) is 10.9. The lowest BCUT2D eigenvalue weighted by Gasteiger charge is -2.26. The Morgan fingerprint density at radius 2 is 1.90 bits per heavy atom. The van der Waals surface area contributed by atoms with Gasteiger partial charge in [-0.15, -0.1) is 22.7 Å². The maximum absolute atomic E-state index is 11.9. The van der Waals surface area contributed by atoms with E-state index in [-0.39, 0.29) is 5.78 Å². The molecule has 3 aromatic heterocycles. The van der Waals surface area contributed by atoms with Crippen molar-refractivity contribution >= 4 is 66.3 Å². The van der Waals surface area contributed by atoms with Crippen molar-refractivity contribution < 1.29 is 9.59 Å². The quantitative estimate of drug-likeness (QED) is 0.522. The SMILES string of the molecule is NC(=O)c1sc2nc(N3CCC(=O)CC3)nc(-c3csc4ccccc34)c2c1N. The number of nitrogens with zero attached hydrogens (tertiary/aromatic N) is 3. The van der Waals surface area contributed by atoms with Gasteiger partial charge in [-0.2, -0.15) is 0 Å². The number of carbonyl (C=O) groups is 2. The van der Waals surface area contributed by atoms with E-state index in [1.165, 1.54) is 11.3 Å². The number of ketones is 1. The van der Waals surface area contributed by atoms with Gasteiger partial charge >= 0.3 is 0 Å². The molecule has 0 spiro atoms. The van der Waals surface area contributed by atoms with Gasteiger partial charge in [0.1, 0.15) is 15.5 Å². The van der Waals surface area contributed by atoms with E-state index in [0.29, 0.717) is 58.4 Å². The normalized spacial score (nSPS) is 14.8. The molecule has 4 aromatic rings. The van der Waals surface area contributed by atoms with E-state index >= 15 is 0 Å². The van der Waals surface area contributed by atoms with Crippen LogP contribution in [-0.2, 0) is 4.79 Å². The largest absolute Gasteiger partial charge is 0.397 e. The summed E-state index contributed by atoms with van der Waals surface area (Å²) < 4.78 is 1.14. The Morgan fingerprint density at radius 1 is 1.14 bits per heavy atom. The molecule has 0 unspecified atom stereocenters. The predicted molar refractivity (Wildman–Crippen MR) is 118 cm³/mol. The van der Waals surface area contributed by atoms with E-state index in [2.05, 4.69) is 16.4 Å². The molecule has 0 atom stereocenters. The average Bonchev–Trinajstić information content (AvgIpc) is 3.29. The van der Waals surface area contributed by atoms with Crippen molar-refractivity contribution in [2.75, 3.05) is 23.7 Å². The number of fused-ring (bicyclic) bond motifs is 2. The van der Waals surface area contributed by atoms with Crippen LogP contribution in [0.2, 0.25) is 0 Å². The number of aromatic nitrogens is 2. The number of piperidine rings is 1. The lowest BCUT2D eigenvalue weighted by molar-refractivity contribution is -0.119. The Morgan fingerprint density at radius 3 is 2.66 bits per heavy atom. The molecule has 7 nitrogen and oxygen atoms in total. The first-order valence-electron chi connectivity index (χ1n) is 9.16. The van der Waals surface area contributed by atoms with Crippen molar-refractivity contribution in [3.8, 4) is 11.3 Å². The Hall–Kier alpha value is -3.04. The lowest BCUT2D eigenvalue weighted by atomic mass is 10.1. The Kier molecular flexibility index (Phi) is 4.21. The van der Waals surface area contributed by atoms with Gasteiger partial charge < -0.3 is 16.4 Å². The molecule has 1 saturated heterocycles. The number of anilines is 2. The van der Waals surface area contributed by atoms with Crippen LogP contribution in [0.25, 0.3) is 31.6 Å². The zero-order valence-electron chi connectivity index (χ0n) is 15.3. The number of amides is 1. The van der Waals surface area contributed by atoms with Gasteiger partial charge in [-0.1, -0.05) is 18.2 Å². The summed E-state index contributed by atoms with van der Waals surface area (Å²) in [5, 5.41) is 3.78. The molecular weight excluding hydrogens is 406 g/mol. The number of primary amides is 1. The molecule has 0 aliphatic carbocycles. The molecule has 146 valence electrons. The smallest absolute Gasteiger partial charge is 0.260 e. The number of hydrogen-bond donors (Lipinski definition) is 2. The third-order valence-corrected chi connectivity index (χ3v) is 7.22. The number of benzene rings is 1. The standard InChI is InChI=1S/C20H17N5O2S2/c21-15-14-16(12-9-28-13-4-2-1-3-11(12)13)23-20(25-7-5-10(26)6-8-25)24-19(14)29-17(15)18(22)27/h1-4,9H,5-8,21H2,(H2,22,27). The predicted octanol–water partition coefficient (Wildman–Crippen LogP) is 3.42. The first kappa shape index (κ1) is 18.0. The second-order valence-electron chi connectivity index (χ2n) is 6.93. The molecule has 29 heavy (non-hydrogen) atoms. The minimum absolute atomic E-state index is 0.253. The van der Waals surface area contributed by atoms with Crippen molar-refractivity contribution in [2.24, 2.45) is 5.73 Å². The zero-order chi connectivity index (χ0) is 20.1. The first-order chi connectivity index (χ1) is 14.0. The van der Waals surface area contributed by atoms with E-state index in [1.807, 2.05) is 23.1 Å². The van der Waals surface area contributed by atoms with Crippen molar-refractivity contribution in [1.82, 2.24) is 9.97 Å². The summed E-state index contributed by atoms with van der Waals surface area (Å²) in [5.74, 6) is 0.229. The third-order valence-electron chi connectivity index (χ3n) is 5.14. The van der Waals surface area contributed by atoms with Gasteiger partial charge in [0, 0.05) is 47.0 Å². The van der Waals surface area contributed by atoms with Gasteiger partial charge in [0.25, 0.3) is 5.91 Å². The Balaban J connectivity index is 1.78. The number of carbonyl (C=O) groups excluding carboxylic acids is 2. The van der Waals surface area contributed by atoms with Crippen LogP contribution in [0.3, 0.4) is 0 Å². The topological polar surface area (TPSA) is 115 Å². The van der Waals surface area contributed by atoms with E-state index in [4.69, 9.17) is 16.5 Å². The van der Waals surface area contributed by atoms with Crippen LogP contribution in [-0.4, -0.2) is 34.7 Å². The highest BCUT2D eigenvalue weighted by Gasteiger charge is 2.25.